The normalized spacial score (nSPS) is 29.2. The Hall–Kier alpha value is -1.32. The maximum atomic E-state index is 12.6. The Morgan fingerprint density at radius 2 is 1.00 bits per heavy atom. The molecule has 4 nitrogen and oxygen atoms in total. The molecule has 2 fully saturated rings. The highest BCUT2D eigenvalue weighted by Gasteiger charge is 2.38. The summed E-state index contributed by atoms with van der Waals surface area (Å²) in [6.07, 6.45) is 16.1. The third-order valence-corrected chi connectivity index (χ3v) is 5.71. The quantitative estimate of drug-likeness (QED) is 0.567. The van der Waals surface area contributed by atoms with Crippen molar-refractivity contribution in [1.29, 1.82) is 0 Å². The van der Waals surface area contributed by atoms with Crippen LogP contribution >= 0.6 is 0 Å². The van der Waals surface area contributed by atoms with Crippen LogP contribution in [0.4, 0.5) is 0 Å². The summed E-state index contributed by atoms with van der Waals surface area (Å²) in [4.78, 5) is 25.2. The fourth-order valence-electron chi connectivity index (χ4n) is 4.20. The predicted octanol–water partition coefficient (Wildman–Crippen LogP) is 4.32. The van der Waals surface area contributed by atoms with Crippen molar-refractivity contribution in [2.45, 2.75) is 89.3 Å². The van der Waals surface area contributed by atoms with Crippen molar-refractivity contribution >= 4 is 11.9 Å². The number of allylic oxidation sites excluding steroid dienone is 2. The highest BCUT2D eigenvalue weighted by molar-refractivity contribution is 5.83. The number of hydrogen-bond acceptors (Lipinski definition) is 4. The van der Waals surface area contributed by atoms with Crippen LogP contribution in [-0.2, 0) is 19.1 Å². The van der Waals surface area contributed by atoms with E-state index < -0.39 is 0 Å². The van der Waals surface area contributed by atoms with Crippen LogP contribution in [-0.4, -0.2) is 24.1 Å². The van der Waals surface area contributed by atoms with Gasteiger partial charge in [0, 0.05) is 0 Å². The standard InChI is InChI=1S/C20H30O4/c21-19(23-15-9-3-1-4-10-15)17-13-7-8-14-18(17)20(22)24-16-11-5-2-6-12-16/h7-8,15-18H,1-6,9-14H2. The van der Waals surface area contributed by atoms with E-state index >= 15 is 0 Å². The van der Waals surface area contributed by atoms with Crippen molar-refractivity contribution in [3.8, 4) is 0 Å². The largest absolute Gasteiger partial charge is 0.462 e. The van der Waals surface area contributed by atoms with Crippen LogP contribution in [0.3, 0.4) is 0 Å². The SMILES string of the molecule is O=C(OC1CCCCC1)C1CC=CCC1C(=O)OC1CCCCC1. The molecule has 0 bridgehead atoms. The Morgan fingerprint density at radius 3 is 1.38 bits per heavy atom. The molecule has 0 heterocycles. The Bertz CT molecular complexity index is 416. The lowest BCUT2D eigenvalue weighted by Crippen LogP contribution is -2.37. The van der Waals surface area contributed by atoms with Crippen LogP contribution in [0, 0.1) is 11.8 Å². The first-order valence-electron chi connectivity index (χ1n) is 9.80. The fraction of sp³-hybridized carbons (Fsp3) is 0.800. The molecule has 0 saturated heterocycles. The molecular formula is C20H30O4. The zero-order valence-corrected chi connectivity index (χ0v) is 14.6. The van der Waals surface area contributed by atoms with E-state index in [9.17, 15) is 9.59 Å². The zero-order valence-electron chi connectivity index (χ0n) is 14.6. The van der Waals surface area contributed by atoms with Crippen LogP contribution in [0.1, 0.15) is 77.0 Å². The van der Waals surface area contributed by atoms with Crippen LogP contribution in [0.25, 0.3) is 0 Å². The Morgan fingerprint density at radius 1 is 0.625 bits per heavy atom. The van der Waals surface area contributed by atoms with Crippen LogP contribution in [0.5, 0.6) is 0 Å². The van der Waals surface area contributed by atoms with Crippen molar-refractivity contribution < 1.29 is 19.1 Å². The van der Waals surface area contributed by atoms with Crippen molar-refractivity contribution in [1.82, 2.24) is 0 Å². The van der Waals surface area contributed by atoms with Gasteiger partial charge in [-0.25, -0.2) is 0 Å². The molecule has 0 aromatic carbocycles. The van der Waals surface area contributed by atoms with E-state index in [0.29, 0.717) is 12.8 Å². The summed E-state index contributed by atoms with van der Waals surface area (Å²) in [7, 11) is 0. The first kappa shape index (κ1) is 17.5. The van der Waals surface area contributed by atoms with E-state index in [1.807, 2.05) is 12.2 Å². The second-order valence-electron chi connectivity index (χ2n) is 7.55. The zero-order chi connectivity index (χ0) is 16.8. The lowest BCUT2D eigenvalue weighted by Gasteiger charge is -2.30. The molecule has 134 valence electrons. The molecule has 3 rings (SSSR count). The molecule has 0 aromatic heterocycles. The Balaban J connectivity index is 1.56. The maximum Gasteiger partial charge on any atom is 0.310 e. The third-order valence-electron chi connectivity index (χ3n) is 5.71. The average molecular weight is 334 g/mol. The summed E-state index contributed by atoms with van der Waals surface area (Å²) >= 11 is 0. The van der Waals surface area contributed by atoms with Crippen molar-refractivity contribution in [3.63, 3.8) is 0 Å². The highest BCUT2D eigenvalue weighted by Crippen LogP contribution is 2.31. The van der Waals surface area contributed by atoms with Gasteiger partial charge >= 0.3 is 11.9 Å². The van der Waals surface area contributed by atoms with Gasteiger partial charge in [0.15, 0.2) is 0 Å². The van der Waals surface area contributed by atoms with E-state index in [1.54, 1.807) is 0 Å². The molecule has 24 heavy (non-hydrogen) atoms. The molecule has 2 unspecified atom stereocenters. The number of carbonyl (C=O) groups is 2. The van der Waals surface area contributed by atoms with Crippen molar-refractivity contribution in [2.24, 2.45) is 11.8 Å². The summed E-state index contributed by atoms with van der Waals surface area (Å²) < 4.78 is 11.4. The number of hydrogen-bond donors (Lipinski definition) is 0. The minimum atomic E-state index is -0.368. The van der Waals surface area contributed by atoms with Gasteiger partial charge in [0.05, 0.1) is 11.8 Å². The number of ether oxygens (including phenoxy) is 2. The third kappa shape index (κ3) is 4.61. The minimum Gasteiger partial charge on any atom is -0.462 e. The molecule has 2 saturated carbocycles. The first-order valence-corrected chi connectivity index (χ1v) is 9.80. The smallest absolute Gasteiger partial charge is 0.310 e. The topological polar surface area (TPSA) is 52.6 Å². The van der Waals surface area contributed by atoms with Gasteiger partial charge in [-0.15, -0.1) is 0 Å². The van der Waals surface area contributed by atoms with Crippen LogP contribution in [0.15, 0.2) is 12.2 Å². The van der Waals surface area contributed by atoms with E-state index in [-0.39, 0.29) is 36.0 Å². The van der Waals surface area contributed by atoms with Gasteiger partial charge in [0.25, 0.3) is 0 Å². The molecule has 2 atom stereocenters. The number of rotatable bonds is 4. The molecule has 0 aromatic rings. The number of esters is 2. The highest BCUT2D eigenvalue weighted by atomic mass is 16.6. The van der Waals surface area contributed by atoms with Gasteiger partial charge in [-0.2, -0.15) is 0 Å². The molecule has 0 spiro atoms. The molecule has 0 radical (unpaired) electrons. The van der Waals surface area contributed by atoms with Gasteiger partial charge in [0.2, 0.25) is 0 Å². The van der Waals surface area contributed by atoms with E-state index in [1.165, 1.54) is 12.8 Å². The monoisotopic (exact) mass is 334 g/mol. The van der Waals surface area contributed by atoms with E-state index in [4.69, 9.17) is 9.47 Å². The van der Waals surface area contributed by atoms with Crippen molar-refractivity contribution in [3.05, 3.63) is 12.2 Å². The second kappa shape index (κ2) is 8.68. The maximum absolute atomic E-state index is 12.6. The van der Waals surface area contributed by atoms with E-state index in [2.05, 4.69) is 0 Å². The summed E-state index contributed by atoms with van der Waals surface area (Å²) in [5.41, 5.74) is 0. The predicted molar refractivity (Wildman–Crippen MR) is 91.3 cm³/mol. The van der Waals surface area contributed by atoms with E-state index in [0.717, 1.165) is 51.4 Å². The number of carbonyl (C=O) groups excluding carboxylic acids is 2. The Kier molecular flexibility index (Phi) is 6.33. The lowest BCUT2D eigenvalue weighted by atomic mass is 9.82. The van der Waals surface area contributed by atoms with Gasteiger partial charge in [-0.05, 0) is 64.2 Å². The fourth-order valence-corrected chi connectivity index (χ4v) is 4.20. The lowest BCUT2D eigenvalue weighted by molar-refractivity contribution is -0.168. The molecular weight excluding hydrogens is 304 g/mol. The molecule has 0 aliphatic heterocycles. The average Bonchev–Trinajstić information content (AvgIpc) is 2.63. The summed E-state index contributed by atoms with van der Waals surface area (Å²) in [6, 6.07) is 0. The molecule has 3 aliphatic rings. The van der Waals surface area contributed by atoms with Gasteiger partial charge in [-0.3, -0.25) is 9.59 Å². The van der Waals surface area contributed by atoms with Crippen molar-refractivity contribution in [2.75, 3.05) is 0 Å². The minimum absolute atomic E-state index is 0.0483. The first-order chi connectivity index (χ1) is 11.7. The molecule has 4 heteroatoms. The second-order valence-corrected chi connectivity index (χ2v) is 7.55. The molecule has 3 aliphatic carbocycles. The molecule has 0 amide bonds. The van der Waals surface area contributed by atoms with Gasteiger partial charge in [-0.1, -0.05) is 25.0 Å². The van der Waals surface area contributed by atoms with Crippen LogP contribution < -0.4 is 0 Å². The summed E-state index contributed by atoms with van der Waals surface area (Å²) in [6.45, 7) is 0. The van der Waals surface area contributed by atoms with Gasteiger partial charge in [0.1, 0.15) is 12.2 Å². The summed E-state index contributed by atoms with van der Waals surface area (Å²) in [5.74, 6) is -1.13. The summed E-state index contributed by atoms with van der Waals surface area (Å²) in [5, 5.41) is 0. The Labute approximate surface area is 145 Å². The molecule has 0 N–H and O–H groups in total. The van der Waals surface area contributed by atoms with Gasteiger partial charge < -0.3 is 9.47 Å². The van der Waals surface area contributed by atoms with Crippen LogP contribution in [0.2, 0.25) is 0 Å².